The van der Waals surface area contributed by atoms with Gasteiger partial charge in [0.2, 0.25) is 5.91 Å². The minimum atomic E-state index is -0.405. The van der Waals surface area contributed by atoms with E-state index in [9.17, 15) is 9.59 Å². The molecular weight excluding hydrogens is 342 g/mol. The van der Waals surface area contributed by atoms with Crippen molar-refractivity contribution in [3.8, 4) is 0 Å². The molecule has 7 nitrogen and oxygen atoms in total. The highest BCUT2D eigenvalue weighted by Gasteiger charge is 2.30. The number of aryl methyl sites for hydroxylation is 1. The number of hydrogen-bond donors (Lipinski definition) is 2. The number of nitrogens with zero attached hydrogens (tertiary/aromatic N) is 3. The van der Waals surface area contributed by atoms with Crippen LogP contribution in [-0.2, 0) is 4.79 Å². The van der Waals surface area contributed by atoms with E-state index in [1.807, 2.05) is 36.2 Å². The molecule has 0 aliphatic carbocycles. The van der Waals surface area contributed by atoms with E-state index in [-0.39, 0.29) is 11.5 Å². The van der Waals surface area contributed by atoms with Gasteiger partial charge in [-0.1, -0.05) is 18.2 Å². The van der Waals surface area contributed by atoms with Crippen LogP contribution in [-0.4, -0.2) is 44.3 Å². The first-order chi connectivity index (χ1) is 13.1. The topological polar surface area (TPSA) is 94.7 Å². The van der Waals surface area contributed by atoms with Crippen molar-refractivity contribution in [2.24, 2.45) is 0 Å². The number of aromatic nitrogens is 4. The molecule has 1 aliphatic heterocycles. The Bertz CT molecular complexity index is 1030. The van der Waals surface area contributed by atoms with Crippen LogP contribution in [0.1, 0.15) is 48.6 Å². The number of carbonyl (C=O) groups excluding carboxylic acids is 1. The first kappa shape index (κ1) is 17.5. The van der Waals surface area contributed by atoms with Gasteiger partial charge in [0.15, 0.2) is 0 Å². The minimum Gasteiger partial charge on any atom is -0.342 e. The van der Waals surface area contributed by atoms with E-state index >= 15 is 0 Å². The zero-order valence-corrected chi connectivity index (χ0v) is 15.5. The third-order valence-electron chi connectivity index (χ3n) is 5.59. The Balaban J connectivity index is 1.52. The van der Waals surface area contributed by atoms with Crippen molar-refractivity contribution in [2.75, 3.05) is 13.1 Å². The van der Waals surface area contributed by atoms with Crippen molar-refractivity contribution < 1.29 is 4.79 Å². The summed E-state index contributed by atoms with van der Waals surface area (Å²) in [6.07, 6.45) is 3.68. The number of aromatic amines is 2. The quantitative estimate of drug-likeness (QED) is 0.745. The van der Waals surface area contributed by atoms with E-state index in [0.29, 0.717) is 30.1 Å². The van der Waals surface area contributed by atoms with Gasteiger partial charge >= 0.3 is 0 Å². The summed E-state index contributed by atoms with van der Waals surface area (Å²) in [6.45, 7) is 5.35. The van der Waals surface area contributed by atoms with E-state index in [2.05, 4.69) is 27.3 Å². The lowest BCUT2D eigenvalue weighted by molar-refractivity contribution is -0.133. The monoisotopic (exact) mass is 365 g/mol. The molecule has 1 saturated heterocycles. The molecule has 2 aromatic heterocycles. The normalized spacial score (nSPS) is 16.6. The van der Waals surface area contributed by atoms with Crippen molar-refractivity contribution in [2.45, 2.75) is 38.5 Å². The second kappa shape index (κ2) is 6.98. The molecule has 0 spiro atoms. The van der Waals surface area contributed by atoms with E-state index in [1.165, 1.54) is 11.3 Å². The molecule has 1 fully saturated rings. The van der Waals surface area contributed by atoms with Gasteiger partial charge in [-0.15, -0.1) is 0 Å². The lowest BCUT2D eigenvalue weighted by Crippen LogP contribution is -2.40. The smallest absolute Gasteiger partial charge is 0.272 e. The van der Waals surface area contributed by atoms with E-state index < -0.39 is 5.92 Å². The first-order valence-electron chi connectivity index (χ1n) is 9.32. The van der Waals surface area contributed by atoms with Gasteiger partial charge in [-0.25, -0.2) is 5.10 Å². The van der Waals surface area contributed by atoms with Gasteiger partial charge in [-0.2, -0.15) is 10.2 Å². The van der Waals surface area contributed by atoms with Crippen molar-refractivity contribution in [1.29, 1.82) is 0 Å². The zero-order valence-electron chi connectivity index (χ0n) is 15.5. The predicted octanol–water partition coefficient (Wildman–Crippen LogP) is 2.46. The van der Waals surface area contributed by atoms with Crippen LogP contribution in [0.5, 0.6) is 0 Å². The Labute approximate surface area is 156 Å². The average molecular weight is 365 g/mol. The van der Waals surface area contributed by atoms with E-state index in [1.54, 1.807) is 6.07 Å². The maximum Gasteiger partial charge on any atom is 0.272 e. The molecule has 2 N–H and O–H groups in total. The van der Waals surface area contributed by atoms with Crippen molar-refractivity contribution in [3.63, 3.8) is 0 Å². The van der Waals surface area contributed by atoms with Crippen LogP contribution in [0.25, 0.3) is 10.8 Å². The molecule has 7 heteroatoms. The van der Waals surface area contributed by atoms with Crippen LogP contribution in [0.4, 0.5) is 0 Å². The number of nitrogens with one attached hydrogen (secondary N) is 2. The maximum absolute atomic E-state index is 13.1. The number of benzene rings is 1. The summed E-state index contributed by atoms with van der Waals surface area (Å²) in [4.78, 5) is 27.0. The first-order valence-corrected chi connectivity index (χ1v) is 9.32. The molecule has 0 bridgehead atoms. The number of rotatable bonds is 3. The SMILES string of the molecule is Cc1cn[nH]c1C1CCN(C(=O)[C@@H](C)c2n[nH]c(=O)c3ccccc23)CC1. The van der Waals surface area contributed by atoms with Crippen LogP contribution in [0.3, 0.4) is 0 Å². The summed E-state index contributed by atoms with van der Waals surface area (Å²) in [5.74, 6) is 0.0653. The standard InChI is InChI=1S/C20H23N5O2/c1-12-11-21-22-17(12)14-7-9-25(10-8-14)20(27)13(2)18-15-5-3-4-6-16(15)19(26)24-23-18/h3-6,11,13-14H,7-10H2,1-2H3,(H,21,22)(H,24,26)/t13-/m0/s1. The fourth-order valence-corrected chi connectivity index (χ4v) is 4.01. The van der Waals surface area contributed by atoms with Crippen molar-refractivity contribution in [3.05, 3.63) is 57.8 Å². The van der Waals surface area contributed by atoms with E-state index in [0.717, 1.165) is 18.2 Å². The van der Waals surface area contributed by atoms with Crippen LogP contribution in [0.15, 0.2) is 35.3 Å². The fraction of sp³-hybridized carbons (Fsp3) is 0.400. The summed E-state index contributed by atoms with van der Waals surface area (Å²) in [5.41, 5.74) is 2.76. The number of H-pyrrole nitrogens is 2. The molecule has 0 unspecified atom stereocenters. The molecule has 27 heavy (non-hydrogen) atoms. The highest BCUT2D eigenvalue weighted by Crippen LogP contribution is 2.30. The molecule has 0 saturated carbocycles. The molecule has 1 aromatic carbocycles. The number of likely N-dealkylation sites (tertiary alicyclic amines) is 1. The van der Waals surface area contributed by atoms with Gasteiger partial charge in [-0.3, -0.25) is 14.7 Å². The third-order valence-corrected chi connectivity index (χ3v) is 5.59. The Hall–Kier alpha value is -2.96. The average Bonchev–Trinajstić information content (AvgIpc) is 3.13. The summed E-state index contributed by atoms with van der Waals surface area (Å²) < 4.78 is 0. The molecule has 1 amide bonds. The van der Waals surface area contributed by atoms with Crippen molar-refractivity contribution >= 4 is 16.7 Å². The van der Waals surface area contributed by atoms with E-state index in [4.69, 9.17) is 0 Å². The maximum atomic E-state index is 13.1. The summed E-state index contributed by atoms with van der Waals surface area (Å²) in [7, 11) is 0. The van der Waals surface area contributed by atoms with Crippen LogP contribution >= 0.6 is 0 Å². The number of hydrogen-bond acceptors (Lipinski definition) is 4. The predicted molar refractivity (Wildman–Crippen MR) is 103 cm³/mol. The van der Waals surface area contributed by atoms with Gasteiger partial charge in [0.25, 0.3) is 5.56 Å². The molecule has 1 atom stereocenters. The van der Waals surface area contributed by atoms with Gasteiger partial charge < -0.3 is 4.90 Å². The third kappa shape index (κ3) is 3.13. The van der Waals surface area contributed by atoms with Gasteiger partial charge in [0.05, 0.1) is 23.2 Å². The Morgan fingerprint density at radius 2 is 1.89 bits per heavy atom. The lowest BCUT2D eigenvalue weighted by atomic mass is 9.90. The zero-order chi connectivity index (χ0) is 19.0. The van der Waals surface area contributed by atoms with Gasteiger partial charge in [0.1, 0.15) is 0 Å². The molecule has 1 aliphatic rings. The molecule has 3 aromatic rings. The molecule has 0 radical (unpaired) electrons. The Morgan fingerprint density at radius 3 is 2.56 bits per heavy atom. The summed E-state index contributed by atoms with van der Waals surface area (Å²) >= 11 is 0. The molecular formula is C20H23N5O2. The second-order valence-electron chi connectivity index (χ2n) is 7.27. The highest BCUT2D eigenvalue weighted by atomic mass is 16.2. The Kier molecular flexibility index (Phi) is 4.51. The van der Waals surface area contributed by atoms with Gasteiger partial charge in [0, 0.05) is 30.1 Å². The molecule has 140 valence electrons. The summed E-state index contributed by atoms with van der Waals surface area (Å²) in [6, 6.07) is 7.29. The number of piperidine rings is 1. The lowest BCUT2D eigenvalue weighted by Gasteiger charge is -2.33. The minimum absolute atomic E-state index is 0.0551. The van der Waals surface area contributed by atoms with Gasteiger partial charge in [-0.05, 0) is 38.3 Å². The van der Waals surface area contributed by atoms with Crippen LogP contribution in [0, 0.1) is 6.92 Å². The number of fused-ring (bicyclic) bond motifs is 1. The molecule has 4 rings (SSSR count). The van der Waals surface area contributed by atoms with Crippen molar-refractivity contribution in [1.82, 2.24) is 25.3 Å². The highest BCUT2D eigenvalue weighted by molar-refractivity contribution is 5.91. The second-order valence-corrected chi connectivity index (χ2v) is 7.27. The Morgan fingerprint density at radius 1 is 1.19 bits per heavy atom. The van der Waals surface area contributed by atoms with Crippen LogP contribution < -0.4 is 5.56 Å². The number of amides is 1. The van der Waals surface area contributed by atoms with Crippen LogP contribution in [0.2, 0.25) is 0 Å². The largest absolute Gasteiger partial charge is 0.342 e. The molecule has 3 heterocycles. The summed E-state index contributed by atoms with van der Waals surface area (Å²) in [5, 5.41) is 15.2. The fourth-order valence-electron chi connectivity index (χ4n) is 4.01. The number of carbonyl (C=O) groups is 1.